The van der Waals surface area contributed by atoms with Gasteiger partial charge in [-0.2, -0.15) is 0 Å². The van der Waals surface area contributed by atoms with E-state index in [4.69, 9.17) is 0 Å². The number of rotatable bonds is 5. The van der Waals surface area contributed by atoms with Crippen molar-refractivity contribution in [3.8, 4) is 0 Å². The van der Waals surface area contributed by atoms with Crippen LogP contribution >= 0.6 is 0 Å². The monoisotopic (exact) mass is 437 g/mol. The number of nitrogens with zero attached hydrogens (tertiary/aromatic N) is 4. The highest BCUT2D eigenvalue weighted by atomic mass is 19.2. The van der Waals surface area contributed by atoms with E-state index in [1.165, 1.54) is 29.9 Å². The summed E-state index contributed by atoms with van der Waals surface area (Å²) in [6, 6.07) is 7.99. The Morgan fingerprint density at radius 2 is 1.88 bits per heavy atom. The number of hydrogen-bond acceptors (Lipinski definition) is 5. The number of amides is 1. The van der Waals surface area contributed by atoms with Crippen molar-refractivity contribution in [2.24, 2.45) is 7.05 Å². The number of hydrogen-bond donors (Lipinski definition) is 1. The van der Waals surface area contributed by atoms with Crippen molar-refractivity contribution < 1.29 is 13.6 Å². The second kappa shape index (κ2) is 8.50. The molecule has 162 valence electrons. The van der Waals surface area contributed by atoms with Crippen LogP contribution in [0.2, 0.25) is 0 Å². The highest BCUT2D eigenvalue weighted by Gasteiger charge is 2.16. The predicted molar refractivity (Wildman–Crippen MR) is 112 cm³/mol. The summed E-state index contributed by atoms with van der Waals surface area (Å²) in [6.45, 7) is -0.0382. The molecule has 32 heavy (non-hydrogen) atoms. The van der Waals surface area contributed by atoms with Gasteiger partial charge in [-0.25, -0.2) is 18.6 Å². The largest absolute Gasteiger partial charge is 0.347 e. The first-order valence-corrected chi connectivity index (χ1v) is 9.56. The van der Waals surface area contributed by atoms with Gasteiger partial charge >= 0.3 is 5.69 Å². The van der Waals surface area contributed by atoms with Gasteiger partial charge in [0.1, 0.15) is 5.69 Å². The number of fused-ring (bicyclic) bond motifs is 1. The average Bonchev–Trinajstić information content (AvgIpc) is 2.81. The molecular weight excluding hydrogens is 420 g/mol. The van der Waals surface area contributed by atoms with E-state index in [-0.39, 0.29) is 35.2 Å². The van der Waals surface area contributed by atoms with Crippen molar-refractivity contribution in [1.82, 2.24) is 24.4 Å². The summed E-state index contributed by atoms with van der Waals surface area (Å²) < 4.78 is 28.9. The lowest BCUT2D eigenvalue weighted by Crippen LogP contribution is -2.39. The molecule has 3 aromatic heterocycles. The van der Waals surface area contributed by atoms with Crippen molar-refractivity contribution in [2.45, 2.75) is 13.1 Å². The van der Waals surface area contributed by atoms with Gasteiger partial charge in [0.2, 0.25) is 0 Å². The Hall–Kier alpha value is -4.21. The third kappa shape index (κ3) is 4.02. The molecule has 0 radical (unpaired) electrons. The maximum absolute atomic E-state index is 13.5. The molecule has 0 aliphatic rings. The Bertz CT molecular complexity index is 1450. The van der Waals surface area contributed by atoms with Crippen LogP contribution in [0, 0.1) is 11.6 Å². The molecule has 0 bridgehead atoms. The van der Waals surface area contributed by atoms with Gasteiger partial charge in [0.15, 0.2) is 11.6 Å². The second-order valence-electron chi connectivity index (χ2n) is 7.11. The molecule has 3 heterocycles. The number of aromatic nitrogens is 4. The fraction of sp³-hybridized carbons (Fsp3) is 0.136. The van der Waals surface area contributed by atoms with Gasteiger partial charge in [-0.15, -0.1) is 0 Å². The van der Waals surface area contributed by atoms with Crippen LogP contribution in [0.15, 0.2) is 64.6 Å². The van der Waals surface area contributed by atoms with Crippen LogP contribution in [0.3, 0.4) is 0 Å². The molecule has 0 aliphatic heterocycles. The minimum absolute atomic E-state index is 0.00323. The van der Waals surface area contributed by atoms with Crippen LogP contribution in [-0.4, -0.2) is 25.0 Å². The summed E-state index contributed by atoms with van der Waals surface area (Å²) in [5, 5.41) is 2.79. The summed E-state index contributed by atoms with van der Waals surface area (Å²) in [5.74, 6) is -2.61. The van der Waals surface area contributed by atoms with E-state index in [9.17, 15) is 23.2 Å². The van der Waals surface area contributed by atoms with E-state index in [1.807, 2.05) is 0 Å². The molecule has 0 spiro atoms. The smallest absolute Gasteiger partial charge is 0.331 e. The highest BCUT2D eigenvalue weighted by molar-refractivity contribution is 5.95. The predicted octanol–water partition coefficient (Wildman–Crippen LogP) is 1.75. The molecular formula is C22H17F2N5O3. The lowest BCUT2D eigenvalue weighted by Gasteiger charge is -2.12. The highest BCUT2D eigenvalue weighted by Crippen LogP contribution is 2.11. The fourth-order valence-corrected chi connectivity index (χ4v) is 3.26. The molecule has 0 aliphatic carbocycles. The zero-order chi connectivity index (χ0) is 22.8. The van der Waals surface area contributed by atoms with Gasteiger partial charge in [-0.1, -0.05) is 12.1 Å². The maximum Gasteiger partial charge on any atom is 0.331 e. The summed E-state index contributed by atoms with van der Waals surface area (Å²) in [7, 11) is 1.45. The first-order valence-electron chi connectivity index (χ1n) is 9.56. The Balaban J connectivity index is 1.70. The van der Waals surface area contributed by atoms with Crippen LogP contribution in [0.25, 0.3) is 10.9 Å². The quantitative estimate of drug-likeness (QED) is 0.513. The van der Waals surface area contributed by atoms with Crippen molar-refractivity contribution in [2.75, 3.05) is 0 Å². The Kier molecular flexibility index (Phi) is 5.59. The Morgan fingerprint density at radius 3 is 2.59 bits per heavy atom. The second-order valence-corrected chi connectivity index (χ2v) is 7.11. The lowest BCUT2D eigenvalue weighted by molar-refractivity contribution is 0.0946. The van der Waals surface area contributed by atoms with Crippen LogP contribution in [0.1, 0.15) is 21.6 Å². The van der Waals surface area contributed by atoms with Gasteiger partial charge < -0.3 is 5.32 Å². The number of aryl methyl sites for hydroxylation is 1. The SMILES string of the molecule is Cn1c(=O)n(Cc2ccc(F)c(F)c2)c(=O)c2cc(C(=O)NCc3cccnc3)ncc21. The molecule has 4 rings (SSSR count). The number of benzene rings is 1. The number of carbonyl (C=O) groups excluding carboxylic acids is 1. The van der Waals surface area contributed by atoms with Crippen LogP contribution < -0.4 is 16.6 Å². The van der Waals surface area contributed by atoms with Crippen LogP contribution in [0.4, 0.5) is 8.78 Å². The molecule has 1 amide bonds. The normalized spacial score (nSPS) is 11.0. The van der Waals surface area contributed by atoms with Gasteiger partial charge in [0, 0.05) is 26.0 Å². The Morgan fingerprint density at radius 1 is 1.06 bits per heavy atom. The lowest BCUT2D eigenvalue weighted by atomic mass is 10.2. The zero-order valence-electron chi connectivity index (χ0n) is 16.9. The third-order valence-corrected chi connectivity index (χ3v) is 4.97. The first kappa shape index (κ1) is 21.0. The molecule has 10 heteroatoms. The van der Waals surface area contributed by atoms with E-state index < -0.39 is 28.8 Å². The van der Waals surface area contributed by atoms with E-state index >= 15 is 0 Å². The molecule has 4 aromatic rings. The van der Waals surface area contributed by atoms with Crippen molar-refractivity contribution >= 4 is 16.8 Å². The van der Waals surface area contributed by atoms with Crippen LogP contribution in [-0.2, 0) is 20.1 Å². The third-order valence-electron chi connectivity index (χ3n) is 4.97. The van der Waals surface area contributed by atoms with Gasteiger partial charge in [0.25, 0.3) is 11.5 Å². The van der Waals surface area contributed by atoms with E-state index in [0.717, 1.165) is 22.3 Å². The van der Waals surface area contributed by atoms with E-state index in [2.05, 4.69) is 15.3 Å². The zero-order valence-corrected chi connectivity index (χ0v) is 16.9. The van der Waals surface area contributed by atoms with E-state index in [1.54, 1.807) is 24.5 Å². The maximum atomic E-state index is 13.5. The van der Waals surface area contributed by atoms with Crippen molar-refractivity contribution in [1.29, 1.82) is 0 Å². The molecule has 0 fully saturated rings. The summed E-state index contributed by atoms with van der Waals surface area (Å²) in [5.41, 5.74) is -0.0509. The Labute approximate surface area is 179 Å². The topological polar surface area (TPSA) is 98.9 Å². The summed E-state index contributed by atoms with van der Waals surface area (Å²) in [6.07, 6.45) is 4.51. The number of nitrogens with one attached hydrogen (secondary N) is 1. The minimum Gasteiger partial charge on any atom is -0.347 e. The summed E-state index contributed by atoms with van der Waals surface area (Å²) >= 11 is 0. The van der Waals surface area contributed by atoms with Crippen molar-refractivity contribution in [3.63, 3.8) is 0 Å². The number of carbonyl (C=O) groups is 1. The molecule has 1 N–H and O–H groups in total. The first-order chi connectivity index (χ1) is 15.3. The van der Waals surface area contributed by atoms with E-state index in [0.29, 0.717) is 0 Å². The molecule has 1 aromatic carbocycles. The number of pyridine rings is 2. The molecule has 8 nitrogen and oxygen atoms in total. The fourth-order valence-electron chi connectivity index (χ4n) is 3.26. The average molecular weight is 437 g/mol. The summed E-state index contributed by atoms with van der Waals surface area (Å²) in [4.78, 5) is 46.3. The molecule has 0 saturated carbocycles. The molecule has 0 atom stereocenters. The van der Waals surface area contributed by atoms with Gasteiger partial charge in [-0.3, -0.25) is 23.7 Å². The molecule has 0 saturated heterocycles. The standard InChI is InChI=1S/C22H17F2N5O3/c1-28-19-11-26-18(20(30)27-10-14-3-2-6-25-9-14)8-15(19)21(31)29(22(28)32)12-13-4-5-16(23)17(24)7-13/h2-9,11H,10,12H2,1H3,(H,27,30). The van der Waals surface area contributed by atoms with Gasteiger partial charge in [-0.05, 0) is 35.4 Å². The van der Waals surface area contributed by atoms with Crippen molar-refractivity contribution in [3.05, 3.63) is 104 Å². The van der Waals surface area contributed by atoms with Gasteiger partial charge in [0.05, 0.1) is 23.6 Å². The number of halogens is 2. The minimum atomic E-state index is -1.08. The van der Waals surface area contributed by atoms with Crippen LogP contribution in [0.5, 0.6) is 0 Å². The molecule has 0 unspecified atom stereocenters.